The van der Waals surface area contributed by atoms with Gasteiger partial charge in [-0.25, -0.2) is 0 Å². The van der Waals surface area contributed by atoms with Crippen molar-refractivity contribution < 1.29 is 9.59 Å². The highest BCUT2D eigenvalue weighted by molar-refractivity contribution is 5.76. The second-order valence-electron chi connectivity index (χ2n) is 2.70. The van der Waals surface area contributed by atoms with Crippen LogP contribution in [0.4, 0.5) is 0 Å². The highest BCUT2D eigenvalue weighted by Gasteiger charge is 2.03. The Morgan fingerprint density at radius 3 is 2.75 bits per heavy atom. The average Bonchev–Trinajstić information content (AvgIpc) is 2.05. The van der Waals surface area contributed by atoms with Crippen LogP contribution in [0, 0.1) is 0 Å². The van der Waals surface area contributed by atoms with E-state index in [0.29, 0.717) is 19.4 Å². The minimum absolute atomic E-state index is 0.0151. The molecule has 0 saturated carbocycles. The zero-order valence-electron chi connectivity index (χ0n) is 7.59. The topological polar surface area (TPSA) is 58.2 Å². The molecule has 2 amide bonds. The maximum Gasteiger partial charge on any atom is 0.221 e. The summed E-state index contributed by atoms with van der Waals surface area (Å²) in [5, 5.41) is 5.22. The van der Waals surface area contributed by atoms with Gasteiger partial charge in [0.15, 0.2) is 0 Å². The first-order valence-corrected chi connectivity index (χ1v) is 4.17. The van der Waals surface area contributed by atoms with E-state index in [0.717, 1.165) is 6.42 Å². The summed E-state index contributed by atoms with van der Waals surface area (Å²) in [7, 11) is 0. The molecule has 0 heterocycles. The van der Waals surface area contributed by atoms with Crippen LogP contribution in [-0.2, 0) is 9.59 Å². The van der Waals surface area contributed by atoms with Crippen LogP contribution in [-0.4, -0.2) is 24.9 Å². The molecule has 0 aromatic carbocycles. The lowest BCUT2D eigenvalue weighted by Crippen LogP contribution is -2.33. The number of hydrogen-bond acceptors (Lipinski definition) is 2. The maximum absolute atomic E-state index is 11.0. The molecule has 0 rings (SSSR count). The lowest BCUT2D eigenvalue weighted by Gasteiger charge is -2.10. The van der Waals surface area contributed by atoms with Crippen molar-refractivity contribution in [2.24, 2.45) is 0 Å². The van der Waals surface area contributed by atoms with Gasteiger partial charge in [0.1, 0.15) is 0 Å². The number of hydrogen-bond donors (Lipinski definition) is 2. The van der Waals surface area contributed by atoms with Gasteiger partial charge in [-0.1, -0.05) is 6.92 Å². The van der Waals surface area contributed by atoms with E-state index in [2.05, 4.69) is 10.6 Å². The van der Waals surface area contributed by atoms with Gasteiger partial charge in [0.05, 0.1) is 0 Å². The molecule has 0 saturated heterocycles. The summed E-state index contributed by atoms with van der Waals surface area (Å²) < 4.78 is 0. The number of carbonyl (C=O) groups is 2. The molecule has 4 heteroatoms. The Morgan fingerprint density at radius 2 is 2.25 bits per heavy atom. The quantitative estimate of drug-likeness (QED) is 0.439. The summed E-state index contributed by atoms with van der Waals surface area (Å²) in [4.78, 5) is 20.8. The van der Waals surface area contributed by atoms with Crippen LogP contribution in [0.15, 0.2) is 0 Å². The molecule has 4 nitrogen and oxygen atoms in total. The van der Waals surface area contributed by atoms with Gasteiger partial charge in [-0.05, 0) is 13.3 Å². The third-order valence-corrected chi connectivity index (χ3v) is 1.60. The maximum atomic E-state index is 11.0. The Bertz CT molecular complexity index is 148. The SMILES string of the molecule is CCC(C)NC(=O)CCNC=O. The van der Waals surface area contributed by atoms with E-state index in [-0.39, 0.29) is 11.9 Å². The molecule has 0 bridgehead atoms. The van der Waals surface area contributed by atoms with E-state index in [1.165, 1.54) is 0 Å². The highest BCUT2D eigenvalue weighted by atomic mass is 16.1. The molecule has 0 radical (unpaired) electrons. The zero-order chi connectivity index (χ0) is 9.40. The van der Waals surface area contributed by atoms with Gasteiger partial charge in [0, 0.05) is 19.0 Å². The second kappa shape index (κ2) is 6.64. The van der Waals surface area contributed by atoms with Crippen LogP contribution < -0.4 is 10.6 Å². The van der Waals surface area contributed by atoms with E-state index in [9.17, 15) is 9.59 Å². The molecule has 70 valence electrons. The third-order valence-electron chi connectivity index (χ3n) is 1.60. The van der Waals surface area contributed by atoms with Crippen LogP contribution >= 0.6 is 0 Å². The Kier molecular flexibility index (Phi) is 6.05. The highest BCUT2D eigenvalue weighted by Crippen LogP contribution is 1.88. The molecule has 0 aromatic heterocycles. The molecule has 2 N–H and O–H groups in total. The normalized spacial score (nSPS) is 11.8. The Labute approximate surface area is 72.7 Å². The van der Waals surface area contributed by atoms with Gasteiger partial charge in [-0.2, -0.15) is 0 Å². The fourth-order valence-electron chi connectivity index (χ4n) is 0.694. The van der Waals surface area contributed by atoms with Crippen molar-refractivity contribution in [3.63, 3.8) is 0 Å². The molecule has 0 spiro atoms. The van der Waals surface area contributed by atoms with Crippen molar-refractivity contribution in [1.82, 2.24) is 10.6 Å². The van der Waals surface area contributed by atoms with Gasteiger partial charge in [0.25, 0.3) is 0 Å². The predicted octanol–water partition coefficient (Wildman–Crippen LogP) is 0.0372. The summed E-state index contributed by atoms with van der Waals surface area (Å²) in [5.74, 6) is -0.0151. The largest absolute Gasteiger partial charge is 0.358 e. The summed E-state index contributed by atoms with van der Waals surface area (Å²) >= 11 is 0. The van der Waals surface area contributed by atoms with E-state index < -0.39 is 0 Å². The molecule has 0 aliphatic rings. The molecule has 0 aliphatic heterocycles. The molecule has 1 unspecified atom stereocenters. The third kappa shape index (κ3) is 5.70. The van der Waals surface area contributed by atoms with Crippen LogP contribution in [0.1, 0.15) is 26.7 Å². The van der Waals surface area contributed by atoms with Gasteiger partial charge in [-0.3, -0.25) is 9.59 Å². The fourth-order valence-corrected chi connectivity index (χ4v) is 0.694. The van der Waals surface area contributed by atoms with Crippen LogP contribution in [0.5, 0.6) is 0 Å². The summed E-state index contributed by atoms with van der Waals surface area (Å²) in [6, 6.07) is 0.216. The van der Waals surface area contributed by atoms with Crippen molar-refractivity contribution in [1.29, 1.82) is 0 Å². The molecular weight excluding hydrogens is 156 g/mol. The first-order valence-electron chi connectivity index (χ1n) is 4.17. The predicted molar refractivity (Wildman–Crippen MR) is 46.6 cm³/mol. The van der Waals surface area contributed by atoms with Crippen molar-refractivity contribution in [3.8, 4) is 0 Å². The van der Waals surface area contributed by atoms with E-state index in [4.69, 9.17) is 0 Å². The number of carbonyl (C=O) groups excluding carboxylic acids is 2. The number of rotatable bonds is 6. The van der Waals surface area contributed by atoms with Gasteiger partial charge < -0.3 is 10.6 Å². The van der Waals surface area contributed by atoms with Gasteiger partial charge >= 0.3 is 0 Å². The minimum atomic E-state index is -0.0151. The average molecular weight is 172 g/mol. The monoisotopic (exact) mass is 172 g/mol. The Morgan fingerprint density at radius 1 is 1.58 bits per heavy atom. The summed E-state index contributed by atoms with van der Waals surface area (Å²) in [5.41, 5.74) is 0. The van der Waals surface area contributed by atoms with Crippen LogP contribution in [0.25, 0.3) is 0 Å². The summed E-state index contributed by atoms with van der Waals surface area (Å²) in [6.45, 7) is 4.37. The smallest absolute Gasteiger partial charge is 0.221 e. The van der Waals surface area contributed by atoms with E-state index >= 15 is 0 Å². The number of nitrogens with one attached hydrogen (secondary N) is 2. The molecule has 0 aromatic rings. The molecular formula is C8H16N2O2. The van der Waals surface area contributed by atoms with Crippen molar-refractivity contribution >= 4 is 12.3 Å². The van der Waals surface area contributed by atoms with Gasteiger partial charge in [0.2, 0.25) is 12.3 Å². The second-order valence-corrected chi connectivity index (χ2v) is 2.70. The molecule has 0 fully saturated rings. The van der Waals surface area contributed by atoms with Crippen LogP contribution in [0.3, 0.4) is 0 Å². The van der Waals surface area contributed by atoms with Gasteiger partial charge in [-0.15, -0.1) is 0 Å². The first kappa shape index (κ1) is 10.9. The lowest BCUT2D eigenvalue weighted by atomic mass is 10.2. The van der Waals surface area contributed by atoms with Crippen molar-refractivity contribution in [2.45, 2.75) is 32.7 Å². The van der Waals surface area contributed by atoms with Crippen LogP contribution in [0.2, 0.25) is 0 Å². The molecule has 1 atom stereocenters. The Hall–Kier alpha value is -1.06. The first-order chi connectivity index (χ1) is 5.70. The molecule has 0 aliphatic carbocycles. The lowest BCUT2D eigenvalue weighted by molar-refractivity contribution is -0.121. The van der Waals surface area contributed by atoms with Crippen molar-refractivity contribution in [3.05, 3.63) is 0 Å². The van der Waals surface area contributed by atoms with E-state index in [1.807, 2.05) is 13.8 Å². The standard InChI is InChI=1S/C8H16N2O2/c1-3-7(2)10-8(12)4-5-9-6-11/h6-7H,3-5H2,1-2H3,(H,9,11)(H,10,12). The summed E-state index contributed by atoms with van der Waals surface area (Å²) in [6.07, 6.45) is 1.87. The Balaban J connectivity index is 3.39. The fraction of sp³-hybridized carbons (Fsp3) is 0.750. The number of amides is 2. The molecule has 12 heavy (non-hydrogen) atoms. The van der Waals surface area contributed by atoms with Crippen molar-refractivity contribution in [2.75, 3.05) is 6.54 Å². The zero-order valence-corrected chi connectivity index (χ0v) is 7.59. The minimum Gasteiger partial charge on any atom is -0.358 e. The van der Waals surface area contributed by atoms with E-state index in [1.54, 1.807) is 0 Å².